The summed E-state index contributed by atoms with van der Waals surface area (Å²) in [6.07, 6.45) is 12.9. The fourth-order valence-corrected chi connectivity index (χ4v) is 6.43. The van der Waals surface area contributed by atoms with Crippen LogP contribution in [-0.4, -0.2) is 43.1 Å². The lowest BCUT2D eigenvalue weighted by Crippen LogP contribution is -2.39. The van der Waals surface area contributed by atoms with E-state index in [0.717, 1.165) is 31.4 Å². The van der Waals surface area contributed by atoms with Crippen molar-refractivity contribution in [2.24, 2.45) is 17.3 Å². The van der Waals surface area contributed by atoms with Crippen LogP contribution in [0.5, 0.6) is 5.75 Å². The lowest BCUT2D eigenvalue weighted by molar-refractivity contribution is -0.118. The highest BCUT2D eigenvalue weighted by Gasteiger charge is 2.60. The summed E-state index contributed by atoms with van der Waals surface area (Å²) in [6, 6.07) is 9.05. The van der Waals surface area contributed by atoms with Crippen molar-refractivity contribution in [3.05, 3.63) is 42.0 Å². The number of methoxy groups -OCH3 is 1. The van der Waals surface area contributed by atoms with E-state index in [-0.39, 0.29) is 17.3 Å². The van der Waals surface area contributed by atoms with Gasteiger partial charge in [-0.3, -0.25) is 9.69 Å². The van der Waals surface area contributed by atoms with E-state index < -0.39 is 0 Å². The average Bonchev–Trinajstić information content (AvgIpc) is 3.24. The molecule has 0 N–H and O–H groups in total. The lowest BCUT2D eigenvalue weighted by Gasteiger charge is -2.33. The monoisotopic (exact) mass is 395 g/mol. The quantitative estimate of drug-likeness (QED) is 0.742. The third kappa shape index (κ3) is 3.55. The van der Waals surface area contributed by atoms with Crippen LogP contribution in [0.1, 0.15) is 50.5 Å². The van der Waals surface area contributed by atoms with Crippen molar-refractivity contribution in [1.82, 2.24) is 4.90 Å². The molecule has 4 heteroatoms. The van der Waals surface area contributed by atoms with Crippen LogP contribution in [0.2, 0.25) is 0 Å². The van der Waals surface area contributed by atoms with Crippen molar-refractivity contribution in [1.29, 1.82) is 0 Å². The molecule has 1 spiro atoms. The Morgan fingerprint density at radius 3 is 2.72 bits per heavy atom. The second-order valence-corrected chi connectivity index (χ2v) is 9.60. The number of carbonyl (C=O) groups is 1. The molecule has 0 aromatic heterocycles. The Kier molecular flexibility index (Phi) is 5.25. The molecule has 156 valence electrons. The van der Waals surface area contributed by atoms with E-state index in [1.165, 1.54) is 44.1 Å². The minimum absolute atomic E-state index is 0.0275. The molecule has 5 rings (SSSR count). The summed E-state index contributed by atoms with van der Waals surface area (Å²) in [5.74, 6) is 2.48. The average molecular weight is 396 g/mol. The summed E-state index contributed by atoms with van der Waals surface area (Å²) in [5.41, 5.74) is 1.36. The third-order valence-electron chi connectivity index (χ3n) is 7.99. The molecule has 2 heterocycles. The van der Waals surface area contributed by atoms with Crippen LogP contribution in [0, 0.1) is 17.3 Å². The van der Waals surface area contributed by atoms with Gasteiger partial charge >= 0.3 is 0 Å². The zero-order valence-corrected chi connectivity index (χ0v) is 17.5. The molecule has 4 aliphatic rings. The number of hydrogen-bond acceptors (Lipinski definition) is 4. The maximum Gasteiger partial charge on any atom is 0.158 e. The van der Waals surface area contributed by atoms with Gasteiger partial charge in [-0.15, -0.1) is 0 Å². The van der Waals surface area contributed by atoms with Crippen LogP contribution in [0.25, 0.3) is 0 Å². The lowest BCUT2D eigenvalue weighted by atomic mass is 9.68. The highest BCUT2D eigenvalue weighted by molar-refractivity contribution is 5.91. The second-order valence-electron chi connectivity index (χ2n) is 9.60. The van der Waals surface area contributed by atoms with Gasteiger partial charge in [0, 0.05) is 36.9 Å². The molecule has 0 bridgehead atoms. The van der Waals surface area contributed by atoms with Crippen molar-refractivity contribution in [3.8, 4) is 5.75 Å². The zero-order valence-electron chi connectivity index (χ0n) is 17.5. The van der Waals surface area contributed by atoms with E-state index in [2.05, 4.69) is 35.2 Å². The molecule has 2 aliphatic carbocycles. The number of rotatable bonds is 5. The number of ether oxygens (including phenoxy) is 2. The van der Waals surface area contributed by atoms with Gasteiger partial charge in [-0.05, 0) is 36.1 Å². The Labute approximate surface area is 174 Å². The second kappa shape index (κ2) is 7.88. The minimum atomic E-state index is 0.0275. The van der Waals surface area contributed by atoms with Gasteiger partial charge in [0.2, 0.25) is 0 Å². The van der Waals surface area contributed by atoms with Crippen LogP contribution in [0.3, 0.4) is 0 Å². The number of benzene rings is 1. The van der Waals surface area contributed by atoms with Crippen LogP contribution in [0.15, 0.2) is 36.4 Å². The molecule has 2 aliphatic heterocycles. The summed E-state index contributed by atoms with van der Waals surface area (Å²) >= 11 is 0. The fraction of sp³-hybridized carbons (Fsp3) is 0.640. The van der Waals surface area contributed by atoms with Gasteiger partial charge < -0.3 is 9.47 Å². The molecule has 0 amide bonds. The molecule has 4 atom stereocenters. The first kappa shape index (κ1) is 19.3. The van der Waals surface area contributed by atoms with Gasteiger partial charge in [0.05, 0.1) is 19.8 Å². The van der Waals surface area contributed by atoms with E-state index in [9.17, 15) is 4.79 Å². The highest BCUT2D eigenvalue weighted by atomic mass is 16.5. The molecule has 1 aromatic carbocycles. The van der Waals surface area contributed by atoms with Crippen molar-refractivity contribution in [2.45, 2.75) is 63.6 Å². The Morgan fingerprint density at radius 2 is 1.97 bits per heavy atom. The summed E-state index contributed by atoms with van der Waals surface area (Å²) < 4.78 is 11.5. The predicted molar refractivity (Wildman–Crippen MR) is 113 cm³/mol. The SMILES string of the molecule is COc1ccc(CN2C[C@]34C=CC(=O)CC3OC[C@H]4[C@@H]2CC2CCCCC2)cc1. The summed E-state index contributed by atoms with van der Waals surface area (Å²) in [6.45, 7) is 2.78. The number of likely N-dealkylation sites (tertiary alicyclic amines) is 1. The summed E-state index contributed by atoms with van der Waals surface area (Å²) in [5, 5.41) is 0. The van der Waals surface area contributed by atoms with Gasteiger partial charge in [0.1, 0.15) is 5.75 Å². The van der Waals surface area contributed by atoms with Crippen molar-refractivity contribution >= 4 is 5.78 Å². The van der Waals surface area contributed by atoms with Crippen molar-refractivity contribution in [2.75, 3.05) is 20.3 Å². The van der Waals surface area contributed by atoms with Gasteiger partial charge in [0.15, 0.2) is 5.78 Å². The molecule has 1 saturated carbocycles. The molecular formula is C25H33NO3. The standard InChI is InChI=1S/C25H33NO3/c1-28-21-9-7-19(8-10-21)15-26-17-25-12-11-20(27)14-24(25)29-16-22(25)23(26)13-18-5-3-2-4-6-18/h7-12,18,22-24H,2-6,13-17H2,1H3/t22-,23-,24?,25-/m0/s1. The summed E-state index contributed by atoms with van der Waals surface area (Å²) in [4.78, 5) is 14.7. The zero-order chi connectivity index (χ0) is 19.8. The van der Waals surface area contributed by atoms with E-state index >= 15 is 0 Å². The number of nitrogens with zero attached hydrogens (tertiary/aromatic N) is 1. The van der Waals surface area contributed by atoms with Crippen LogP contribution >= 0.6 is 0 Å². The fourth-order valence-electron chi connectivity index (χ4n) is 6.43. The molecule has 2 saturated heterocycles. The molecule has 4 nitrogen and oxygen atoms in total. The Hall–Kier alpha value is -1.65. The summed E-state index contributed by atoms with van der Waals surface area (Å²) in [7, 11) is 1.72. The first-order chi connectivity index (χ1) is 14.2. The smallest absolute Gasteiger partial charge is 0.158 e. The van der Waals surface area contributed by atoms with E-state index in [0.29, 0.717) is 18.4 Å². The van der Waals surface area contributed by atoms with Crippen LogP contribution < -0.4 is 4.74 Å². The maximum absolute atomic E-state index is 12.0. The van der Waals surface area contributed by atoms with E-state index in [1.807, 2.05) is 6.08 Å². The van der Waals surface area contributed by atoms with E-state index in [1.54, 1.807) is 7.11 Å². The maximum atomic E-state index is 12.0. The molecular weight excluding hydrogens is 362 g/mol. The molecule has 1 aromatic rings. The number of carbonyl (C=O) groups excluding carboxylic acids is 1. The predicted octanol–water partition coefficient (Wildman–Crippen LogP) is 4.38. The molecule has 3 fully saturated rings. The Bertz CT molecular complexity index is 767. The topological polar surface area (TPSA) is 38.8 Å². The normalized spacial score (nSPS) is 34.9. The molecule has 0 radical (unpaired) electrons. The largest absolute Gasteiger partial charge is 0.497 e. The highest BCUT2D eigenvalue weighted by Crippen LogP contribution is 2.54. The van der Waals surface area contributed by atoms with Gasteiger partial charge in [-0.1, -0.05) is 50.3 Å². The van der Waals surface area contributed by atoms with Gasteiger partial charge in [-0.25, -0.2) is 0 Å². The molecule has 29 heavy (non-hydrogen) atoms. The Morgan fingerprint density at radius 1 is 1.17 bits per heavy atom. The van der Waals surface area contributed by atoms with Crippen LogP contribution in [-0.2, 0) is 16.1 Å². The van der Waals surface area contributed by atoms with Crippen molar-refractivity contribution in [3.63, 3.8) is 0 Å². The molecule has 1 unspecified atom stereocenters. The first-order valence-electron chi connectivity index (χ1n) is 11.4. The number of hydrogen-bond donors (Lipinski definition) is 0. The minimum Gasteiger partial charge on any atom is -0.497 e. The Balaban J connectivity index is 1.41. The first-order valence-corrected chi connectivity index (χ1v) is 11.4. The third-order valence-corrected chi connectivity index (χ3v) is 7.99. The van der Waals surface area contributed by atoms with E-state index in [4.69, 9.17) is 9.47 Å². The van der Waals surface area contributed by atoms with Gasteiger partial charge in [-0.2, -0.15) is 0 Å². The number of ketones is 1. The number of allylic oxidation sites excluding steroid dienone is 1. The van der Waals surface area contributed by atoms with Crippen molar-refractivity contribution < 1.29 is 14.3 Å². The van der Waals surface area contributed by atoms with Crippen LogP contribution in [0.4, 0.5) is 0 Å². The van der Waals surface area contributed by atoms with Gasteiger partial charge in [0.25, 0.3) is 0 Å².